The van der Waals surface area contributed by atoms with Crippen molar-refractivity contribution in [2.45, 2.75) is 26.4 Å². The lowest BCUT2D eigenvalue weighted by Crippen LogP contribution is -2.38. The molecule has 1 heterocycles. The highest BCUT2D eigenvalue weighted by atomic mass is 16.7. The second-order valence-electron chi connectivity index (χ2n) is 5.64. The van der Waals surface area contributed by atoms with Gasteiger partial charge in [0, 0.05) is 0 Å². The molecular weight excluding hydrogens is 322 g/mol. The van der Waals surface area contributed by atoms with Crippen LogP contribution in [0.2, 0.25) is 0 Å². The summed E-state index contributed by atoms with van der Waals surface area (Å²) in [5.41, 5.74) is 1.30. The number of hydrogen-bond donors (Lipinski definition) is 0. The SMILES string of the molecule is CCC(Oc1ccccc1C)C(=O)ON1C(=O)c2ccccc2C1=O. The Morgan fingerprint density at radius 2 is 1.56 bits per heavy atom. The van der Waals surface area contributed by atoms with E-state index in [0.717, 1.165) is 5.56 Å². The van der Waals surface area contributed by atoms with Crippen molar-refractivity contribution < 1.29 is 24.0 Å². The van der Waals surface area contributed by atoms with E-state index in [1.165, 1.54) is 12.1 Å². The summed E-state index contributed by atoms with van der Waals surface area (Å²) in [6, 6.07) is 13.6. The number of hydrogen-bond acceptors (Lipinski definition) is 5. The Morgan fingerprint density at radius 3 is 2.12 bits per heavy atom. The Morgan fingerprint density at radius 1 is 1.00 bits per heavy atom. The van der Waals surface area contributed by atoms with E-state index in [0.29, 0.717) is 17.2 Å². The van der Waals surface area contributed by atoms with Crippen molar-refractivity contribution in [2.24, 2.45) is 0 Å². The number of aryl methyl sites for hydroxylation is 1. The Labute approximate surface area is 144 Å². The number of hydroxylamine groups is 2. The van der Waals surface area contributed by atoms with Gasteiger partial charge in [0.05, 0.1) is 11.1 Å². The molecule has 3 rings (SSSR count). The van der Waals surface area contributed by atoms with Gasteiger partial charge in [0.15, 0.2) is 6.10 Å². The maximum atomic E-state index is 12.4. The van der Waals surface area contributed by atoms with Gasteiger partial charge in [-0.05, 0) is 37.1 Å². The van der Waals surface area contributed by atoms with Gasteiger partial charge in [-0.1, -0.05) is 42.3 Å². The molecule has 2 amide bonds. The van der Waals surface area contributed by atoms with Crippen LogP contribution in [0.5, 0.6) is 5.75 Å². The van der Waals surface area contributed by atoms with E-state index < -0.39 is 23.9 Å². The highest BCUT2D eigenvalue weighted by Crippen LogP contribution is 2.24. The van der Waals surface area contributed by atoms with Crippen LogP contribution in [0.15, 0.2) is 48.5 Å². The summed E-state index contributed by atoms with van der Waals surface area (Å²) in [5.74, 6) is -1.55. The molecule has 0 radical (unpaired) electrons. The molecular formula is C19H17NO5. The van der Waals surface area contributed by atoms with Gasteiger partial charge in [0.2, 0.25) is 0 Å². The highest BCUT2D eigenvalue weighted by molar-refractivity contribution is 6.20. The van der Waals surface area contributed by atoms with Crippen LogP contribution in [-0.4, -0.2) is 29.0 Å². The first-order valence-electron chi connectivity index (χ1n) is 7.94. The predicted molar refractivity (Wildman–Crippen MR) is 88.9 cm³/mol. The van der Waals surface area contributed by atoms with Crippen LogP contribution in [0.25, 0.3) is 0 Å². The molecule has 1 unspecified atom stereocenters. The number of carbonyl (C=O) groups is 3. The van der Waals surface area contributed by atoms with E-state index in [1.54, 1.807) is 31.2 Å². The first-order valence-corrected chi connectivity index (χ1v) is 7.94. The van der Waals surface area contributed by atoms with Crippen LogP contribution in [0.3, 0.4) is 0 Å². The number of rotatable bonds is 5. The molecule has 1 atom stereocenters. The van der Waals surface area contributed by atoms with E-state index >= 15 is 0 Å². The topological polar surface area (TPSA) is 72.9 Å². The second kappa shape index (κ2) is 6.76. The van der Waals surface area contributed by atoms with Gasteiger partial charge in [0.1, 0.15) is 5.75 Å². The lowest BCUT2D eigenvalue weighted by atomic mass is 10.1. The summed E-state index contributed by atoms with van der Waals surface area (Å²) in [5, 5.41) is 0.497. The maximum Gasteiger partial charge on any atom is 0.373 e. The molecule has 0 saturated heterocycles. The minimum atomic E-state index is -0.926. The molecule has 25 heavy (non-hydrogen) atoms. The van der Waals surface area contributed by atoms with Gasteiger partial charge >= 0.3 is 5.97 Å². The van der Waals surface area contributed by atoms with Gasteiger partial charge in [0.25, 0.3) is 11.8 Å². The molecule has 1 aliphatic heterocycles. The van der Waals surface area contributed by atoms with Crippen LogP contribution >= 0.6 is 0 Å². The first kappa shape index (κ1) is 16.7. The fourth-order valence-corrected chi connectivity index (χ4v) is 2.54. The lowest BCUT2D eigenvalue weighted by molar-refractivity contribution is -0.177. The molecule has 6 heteroatoms. The Kier molecular flexibility index (Phi) is 4.52. The van der Waals surface area contributed by atoms with Gasteiger partial charge in [-0.15, -0.1) is 0 Å². The van der Waals surface area contributed by atoms with E-state index in [4.69, 9.17) is 9.57 Å². The normalized spacial score (nSPS) is 14.2. The minimum absolute atomic E-state index is 0.216. The van der Waals surface area contributed by atoms with E-state index in [9.17, 15) is 14.4 Å². The molecule has 1 aliphatic rings. The Balaban J connectivity index is 1.74. The van der Waals surface area contributed by atoms with Crippen molar-refractivity contribution >= 4 is 17.8 Å². The average Bonchev–Trinajstić information content (AvgIpc) is 2.86. The maximum absolute atomic E-state index is 12.4. The van der Waals surface area contributed by atoms with Gasteiger partial charge in [-0.2, -0.15) is 0 Å². The van der Waals surface area contributed by atoms with E-state index in [-0.39, 0.29) is 11.1 Å². The number of benzene rings is 2. The summed E-state index contributed by atoms with van der Waals surface area (Å²) in [6.07, 6.45) is -0.596. The first-order chi connectivity index (χ1) is 12.0. The monoisotopic (exact) mass is 339 g/mol. The molecule has 0 spiro atoms. The average molecular weight is 339 g/mol. The summed E-state index contributed by atoms with van der Waals surface area (Å²) >= 11 is 0. The largest absolute Gasteiger partial charge is 0.478 e. The summed E-state index contributed by atoms with van der Waals surface area (Å²) in [6.45, 7) is 3.62. The molecule has 0 N–H and O–H groups in total. The fraction of sp³-hybridized carbons (Fsp3) is 0.211. The highest BCUT2D eigenvalue weighted by Gasteiger charge is 2.39. The summed E-state index contributed by atoms with van der Waals surface area (Å²) in [4.78, 5) is 42.0. The Bertz CT molecular complexity index is 810. The smallest absolute Gasteiger partial charge is 0.373 e. The van der Waals surface area contributed by atoms with Gasteiger partial charge in [-0.25, -0.2) is 4.79 Å². The van der Waals surface area contributed by atoms with Gasteiger partial charge < -0.3 is 9.57 Å². The van der Waals surface area contributed by atoms with Crippen molar-refractivity contribution in [3.8, 4) is 5.75 Å². The number of imide groups is 1. The quantitative estimate of drug-likeness (QED) is 0.783. The van der Waals surface area contributed by atoms with Crippen molar-refractivity contribution in [1.29, 1.82) is 0 Å². The molecule has 0 aromatic heterocycles. The van der Waals surface area contributed by atoms with Crippen molar-refractivity contribution in [1.82, 2.24) is 5.06 Å². The molecule has 128 valence electrons. The third-order valence-electron chi connectivity index (χ3n) is 3.93. The number of nitrogens with zero attached hydrogens (tertiary/aromatic N) is 1. The Hall–Kier alpha value is -3.15. The molecule has 6 nitrogen and oxygen atoms in total. The summed E-state index contributed by atoms with van der Waals surface area (Å²) in [7, 11) is 0. The summed E-state index contributed by atoms with van der Waals surface area (Å²) < 4.78 is 5.69. The van der Waals surface area contributed by atoms with Crippen LogP contribution < -0.4 is 4.74 Å². The predicted octanol–water partition coefficient (Wildman–Crippen LogP) is 2.91. The fourth-order valence-electron chi connectivity index (χ4n) is 2.54. The van der Waals surface area contributed by atoms with Crippen molar-refractivity contribution in [3.05, 3.63) is 65.2 Å². The molecule has 0 saturated carbocycles. The van der Waals surface area contributed by atoms with Crippen molar-refractivity contribution in [3.63, 3.8) is 0 Å². The van der Waals surface area contributed by atoms with Crippen molar-refractivity contribution in [2.75, 3.05) is 0 Å². The second-order valence-corrected chi connectivity index (χ2v) is 5.64. The third-order valence-corrected chi connectivity index (χ3v) is 3.93. The standard InChI is InChI=1S/C19H17NO5/c1-3-15(24-16-11-7-4-8-12(16)2)19(23)25-20-17(21)13-9-5-6-10-14(13)18(20)22/h4-11,15H,3H2,1-2H3. The van der Waals surface area contributed by atoms with Crippen LogP contribution in [0.4, 0.5) is 0 Å². The number of para-hydroxylation sites is 1. The van der Waals surface area contributed by atoms with E-state index in [2.05, 4.69) is 0 Å². The lowest BCUT2D eigenvalue weighted by Gasteiger charge is -2.20. The van der Waals surface area contributed by atoms with Crippen LogP contribution in [-0.2, 0) is 9.63 Å². The number of amides is 2. The number of ether oxygens (including phenoxy) is 1. The zero-order chi connectivity index (χ0) is 18.0. The van der Waals surface area contributed by atoms with Crippen LogP contribution in [0, 0.1) is 6.92 Å². The zero-order valence-electron chi connectivity index (χ0n) is 13.9. The molecule has 0 aliphatic carbocycles. The molecule has 0 fully saturated rings. The zero-order valence-corrected chi connectivity index (χ0v) is 13.9. The number of carbonyl (C=O) groups excluding carboxylic acids is 3. The minimum Gasteiger partial charge on any atom is -0.478 e. The molecule has 2 aromatic carbocycles. The molecule has 0 bridgehead atoms. The molecule has 2 aromatic rings. The van der Waals surface area contributed by atoms with Gasteiger partial charge in [-0.3, -0.25) is 9.59 Å². The third kappa shape index (κ3) is 3.10. The van der Waals surface area contributed by atoms with E-state index in [1.807, 2.05) is 19.1 Å². The van der Waals surface area contributed by atoms with Crippen LogP contribution in [0.1, 0.15) is 39.6 Å². The number of fused-ring (bicyclic) bond motifs is 1.